The van der Waals surface area contributed by atoms with Crippen LogP contribution in [0.2, 0.25) is 0 Å². The van der Waals surface area contributed by atoms with Gasteiger partial charge in [0, 0.05) is 65.6 Å². The fourth-order valence-corrected chi connectivity index (χ4v) is 11.3. The summed E-state index contributed by atoms with van der Waals surface area (Å²) >= 11 is 0. The van der Waals surface area contributed by atoms with Crippen molar-refractivity contribution in [2.75, 3.05) is 74.6 Å². The van der Waals surface area contributed by atoms with Gasteiger partial charge in [0.1, 0.15) is 24.4 Å². The lowest BCUT2D eigenvalue weighted by Crippen LogP contribution is -2.61. The molecule has 2 unspecified atom stereocenters. The average molecular weight is 1060 g/mol. The number of piperidine rings is 1. The molecule has 3 fully saturated rings. The number of carbonyl (C=O) groups excluding carboxylic acids is 4. The van der Waals surface area contributed by atoms with E-state index in [-0.39, 0.29) is 87.3 Å². The Morgan fingerprint density at radius 3 is 2.20 bits per heavy atom. The van der Waals surface area contributed by atoms with Crippen LogP contribution >= 0.6 is 0 Å². The minimum Gasteiger partial charge on any atom is -0.460 e. The van der Waals surface area contributed by atoms with E-state index in [4.69, 9.17) is 42.6 Å². The molecule has 1 aliphatic carbocycles. The number of hydrogen-bond acceptors (Lipinski definition) is 16. The second-order valence-corrected chi connectivity index (χ2v) is 21.8. The number of cyclic esters (lactones) is 1. The lowest BCUT2D eigenvalue weighted by Gasteiger charge is -2.43. The molecular formula is C58H95NO16. The van der Waals surface area contributed by atoms with Crippen LogP contribution in [0.25, 0.3) is 0 Å². The summed E-state index contributed by atoms with van der Waals surface area (Å²) in [5, 5.41) is 33.6. The highest BCUT2D eigenvalue weighted by atomic mass is 16.6. The molecule has 16 atom stereocenters. The Bertz CT molecular complexity index is 1890. The lowest BCUT2D eigenvalue weighted by atomic mass is 9.78. The molecule has 0 aromatic heterocycles. The first-order valence-corrected chi connectivity index (χ1v) is 27.7. The summed E-state index contributed by atoms with van der Waals surface area (Å²) in [4.78, 5) is 59.0. The number of rotatable bonds is 16. The number of hydrogen-bond donors (Lipinski definition) is 3. The number of ether oxygens (including phenoxy) is 9. The molecule has 17 heteroatoms. The van der Waals surface area contributed by atoms with Gasteiger partial charge in [-0.15, -0.1) is 0 Å². The van der Waals surface area contributed by atoms with Gasteiger partial charge in [-0.3, -0.25) is 14.4 Å². The number of carbonyl (C=O) groups is 4. The van der Waals surface area contributed by atoms with Crippen molar-refractivity contribution >= 4 is 23.4 Å². The van der Waals surface area contributed by atoms with Gasteiger partial charge in [0.15, 0.2) is 5.78 Å². The zero-order valence-corrected chi connectivity index (χ0v) is 47.2. The smallest absolute Gasteiger partial charge is 0.329 e. The summed E-state index contributed by atoms with van der Waals surface area (Å²) in [6.45, 7) is 14.9. The van der Waals surface area contributed by atoms with Crippen LogP contribution in [0.5, 0.6) is 0 Å². The number of aliphatic hydroxyl groups is 3. The Morgan fingerprint density at radius 1 is 0.773 bits per heavy atom. The predicted octanol–water partition coefficient (Wildman–Crippen LogP) is 6.68. The van der Waals surface area contributed by atoms with Crippen LogP contribution in [0.3, 0.4) is 0 Å². The number of esters is 1. The molecule has 4 rings (SSSR count). The van der Waals surface area contributed by atoms with Crippen LogP contribution in [0.15, 0.2) is 47.6 Å². The topological polar surface area (TPSA) is 215 Å². The molecule has 1 amide bonds. The van der Waals surface area contributed by atoms with E-state index in [1.165, 1.54) is 19.1 Å². The van der Waals surface area contributed by atoms with Crippen molar-refractivity contribution in [2.45, 2.75) is 186 Å². The summed E-state index contributed by atoms with van der Waals surface area (Å²) in [5.74, 6) is -7.03. The van der Waals surface area contributed by atoms with Gasteiger partial charge in [0.25, 0.3) is 11.7 Å². The highest BCUT2D eigenvalue weighted by Crippen LogP contribution is 2.38. The third-order valence-electron chi connectivity index (χ3n) is 16.0. The van der Waals surface area contributed by atoms with Gasteiger partial charge in [0.05, 0.1) is 70.2 Å². The maximum Gasteiger partial charge on any atom is 0.329 e. The minimum atomic E-state index is -2.46. The molecular weight excluding hydrogens is 967 g/mol. The molecule has 2 bridgehead atoms. The fourth-order valence-electron chi connectivity index (χ4n) is 11.3. The highest BCUT2D eigenvalue weighted by molar-refractivity contribution is 6.39. The molecule has 3 N–H and O–H groups in total. The summed E-state index contributed by atoms with van der Waals surface area (Å²) in [6, 6.07) is -1.12. The maximum absolute atomic E-state index is 14.7. The van der Waals surface area contributed by atoms with Crippen LogP contribution in [0, 0.1) is 35.5 Å². The Labute approximate surface area is 448 Å². The van der Waals surface area contributed by atoms with E-state index >= 15 is 0 Å². The van der Waals surface area contributed by atoms with E-state index in [1.54, 1.807) is 21.1 Å². The largest absolute Gasteiger partial charge is 0.460 e. The number of allylic oxidation sites excluding steroid dienone is 5. The number of ketones is 2. The van der Waals surface area contributed by atoms with Gasteiger partial charge in [-0.2, -0.15) is 0 Å². The normalized spacial score (nSPS) is 37.6. The van der Waals surface area contributed by atoms with Gasteiger partial charge < -0.3 is 62.9 Å². The number of amides is 1. The van der Waals surface area contributed by atoms with E-state index < -0.39 is 77.9 Å². The molecule has 428 valence electrons. The first kappa shape index (κ1) is 64.3. The third kappa shape index (κ3) is 19.0. The van der Waals surface area contributed by atoms with E-state index in [1.807, 2.05) is 71.1 Å². The van der Waals surface area contributed by atoms with Crippen LogP contribution < -0.4 is 0 Å². The Balaban J connectivity index is 1.72. The maximum atomic E-state index is 14.7. The summed E-state index contributed by atoms with van der Waals surface area (Å²) < 4.78 is 53.4. The third-order valence-corrected chi connectivity index (χ3v) is 16.0. The zero-order chi connectivity index (χ0) is 55.2. The fraction of sp³-hybridized carbons (Fsp3) is 0.793. The first-order valence-electron chi connectivity index (χ1n) is 27.7. The standard InChI is InChI=1S/C58H95NO16/c1-37-17-13-12-14-18-38(2)49(73-30-29-71-28-27-67-8)35-45-22-20-43(7)58(66,75-45)55(63)56(64)59-24-16-15-19-46(59)57(65)74-50(40(4)33-44-21-23-48(72-26-25-60)51(34-44)68-9)36-47(61)39(3)32-42(6)53(69-10)54(70-11)52(62)41(5)31-37/h12-14,17-18,32,37,39-41,43-51,53-54,60-61,66H,15-16,19-31,33-36H2,1-11H3/b14-12+,17-13+,38-18+,42-32+/t37-,39-,40-,41-,43-,44+,45+,46+,47?,48-,49?,50+,51-,53-,54+,58-/m1/s1. The number of methoxy groups -OCH3 is 4. The number of fused-ring (bicyclic) bond motifs is 3. The average Bonchev–Trinajstić information content (AvgIpc) is 3.39. The van der Waals surface area contributed by atoms with Gasteiger partial charge in [-0.05, 0) is 107 Å². The summed E-state index contributed by atoms with van der Waals surface area (Å²) in [7, 11) is 6.28. The first-order chi connectivity index (χ1) is 35.8. The van der Waals surface area contributed by atoms with Gasteiger partial charge in [0.2, 0.25) is 5.79 Å². The second kappa shape index (κ2) is 32.6. The molecule has 0 aromatic carbocycles. The molecule has 3 aliphatic heterocycles. The van der Waals surface area contributed by atoms with E-state index in [0.717, 1.165) is 18.4 Å². The highest BCUT2D eigenvalue weighted by Gasteiger charge is 2.53. The second-order valence-electron chi connectivity index (χ2n) is 21.8. The SMILES string of the molecule is COCCOCCOC1C[C@@H]2CC[C@@H](C)[C@@](O)(O2)C(=O)C(=O)N2CCCC[C@H]2C(=O)O[C@H]([C@H](C)C[C@@H]2CC[C@@H](OCCO)[C@H](OC)C2)CC(O)[C@H](C)/C=C(\C)[C@@H](OC)[C@@H](OC)C(=O)[C@H](C)C[C@H](C)/C=C/C=C/C=C/1C. The lowest BCUT2D eigenvalue weighted by molar-refractivity contribution is -0.266. The molecule has 4 aliphatic rings. The molecule has 0 aromatic rings. The van der Waals surface area contributed by atoms with Crippen LogP contribution in [-0.2, 0) is 61.8 Å². The van der Waals surface area contributed by atoms with Crippen LogP contribution in [-0.4, -0.2) is 179 Å². The zero-order valence-electron chi connectivity index (χ0n) is 47.2. The van der Waals surface area contributed by atoms with Gasteiger partial charge >= 0.3 is 5.97 Å². The van der Waals surface area contributed by atoms with E-state index in [2.05, 4.69) is 6.92 Å². The molecule has 0 radical (unpaired) electrons. The van der Waals surface area contributed by atoms with Crippen molar-refractivity contribution in [3.05, 3.63) is 47.6 Å². The quantitative estimate of drug-likeness (QED) is 0.0637. The van der Waals surface area contributed by atoms with Crippen molar-refractivity contribution in [3.63, 3.8) is 0 Å². The van der Waals surface area contributed by atoms with Crippen molar-refractivity contribution in [1.29, 1.82) is 0 Å². The number of Topliss-reactive ketones (excluding diaryl/α,β-unsaturated/α-hetero) is 2. The van der Waals surface area contributed by atoms with Gasteiger partial charge in [-0.25, -0.2) is 4.79 Å². The van der Waals surface area contributed by atoms with Gasteiger partial charge in [-0.1, -0.05) is 71.1 Å². The minimum absolute atomic E-state index is 0.0425. The van der Waals surface area contributed by atoms with Crippen molar-refractivity contribution < 1.29 is 77.1 Å². The Hall–Kier alpha value is -3.20. The molecule has 17 nitrogen and oxygen atoms in total. The van der Waals surface area contributed by atoms with E-state index in [9.17, 15) is 34.5 Å². The number of nitrogens with zero attached hydrogens (tertiary/aromatic N) is 1. The molecule has 1 saturated carbocycles. The van der Waals surface area contributed by atoms with Crippen molar-refractivity contribution in [3.8, 4) is 0 Å². The van der Waals surface area contributed by atoms with Crippen molar-refractivity contribution in [2.24, 2.45) is 35.5 Å². The number of aliphatic hydroxyl groups excluding tert-OH is 2. The Kier molecular flexibility index (Phi) is 28.0. The Morgan fingerprint density at radius 2 is 1.51 bits per heavy atom. The monoisotopic (exact) mass is 1060 g/mol. The summed E-state index contributed by atoms with van der Waals surface area (Å²) in [5.41, 5.74) is 1.56. The molecule has 75 heavy (non-hydrogen) atoms. The van der Waals surface area contributed by atoms with E-state index in [0.29, 0.717) is 70.3 Å². The van der Waals surface area contributed by atoms with Crippen LogP contribution in [0.1, 0.15) is 126 Å². The van der Waals surface area contributed by atoms with Crippen molar-refractivity contribution in [1.82, 2.24) is 4.90 Å². The molecule has 0 spiro atoms. The van der Waals surface area contributed by atoms with Crippen LogP contribution in [0.4, 0.5) is 0 Å². The predicted molar refractivity (Wildman–Crippen MR) is 283 cm³/mol. The molecule has 3 heterocycles. The molecule has 2 saturated heterocycles. The summed E-state index contributed by atoms with van der Waals surface area (Å²) in [6.07, 6.45) is 12.6.